The predicted molar refractivity (Wildman–Crippen MR) is 72.9 cm³/mol. The highest BCUT2D eigenvalue weighted by Gasteiger charge is 2.31. The standard InChI is InChI=1S/C14H21N3O/c1-4-7-15-13-8-10(2)16-9-12(13)14(18)17(3)11-5-6-11/h8-9,11H,4-7H2,1-3H3,(H,15,16). The summed E-state index contributed by atoms with van der Waals surface area (Å²) in [6, 6.07) is 2.38. The van der Waals surface area contributed by atoms with Gasteiger partial charge >= 0.3 is 0 Å². The van der Waals surface area contributed by atoms with E-state index in [2.05, 4.69) is 17.2 Å². The second-order valence-electron chi connectivity index (χ2n) is 4.95. The minimum absolute atomic E-state index is 0.0728. The molecule has 0 unspecified atom stereocenters. The maximum atomic E-state index is 12.4. The van der Waals surface area contributed by atoms with E-state index in [0.29, 0.717) is 11.6 Å². The van der Waals surface area contributed by atoms with Gasteiger partial charge in [0.2, 0.25) is 0 Å². The number of hydrogen-bond donors (Lipinski definition) is 1. The Kier molecular flexibility index (Phi) is 3.84. The topological polar surface area (TPSA) is 45.2 Å². The highest BCUT2D eigenvalue weighted by molar-refractivity contribution is 5.99. The normalized spacial score (nSPS) is 14.4. The van der Waals surface area contributed by atoms with Crippen molar-refractivity contribution < 1.29 is 4.79 Å². The summed E-state index contributed by atoms with van der Waals surface area (Å²) in [6.45, 7) is 4.92. The van der Waals surface area contributed by atoms with Crippen LogP contribution in [0.4, 0.5) is 5.69 Å². The Balaban J connectivity index is 2.21. The molecule has 4 nitrogen and oxygen atoms in total. The zero-order valence-electron chi connectivity index (χ0n) is 11.4. The number of rotatable bonds is 5. The summed E-state index contributed by atoms with van der Waals surface area (Å²) < 4.78 is 0. The maximum Gasteiger partial charge on any atom is 0.257 e. The molecule has 2 rings (SSSR count). The summed E-state index contributed by atoms with van der Waals surface area (Å²) in [5.74, 6) is 0.0728. The highest BCUT2D eigenvalue weighted by atomic mass is 16.2. The fourth-order valence-electron chi connectivity index (χ4n) is 1.95. The number of hydrogen-bond acceptors (Lipinski definition) is 3. The number of aromatic nitrogens is 1. The van der Waals surface area contributed by atoms with Crippen LogP contribution in [0.25, 0.3) is 0 Å². The Morgan fingerprint density at radius 1 is 1.56 bits per heavy atom. The molecule has 0 saturated heterocycles. The number of nitrogens with zero attached hydrogens (tertiary/aromatic N) is 2. The molecular formula is C14H21N3O. The fourth-order valence-corrected chi connectivity index (χ4v) is 1.95. The molecule has 1 aliphatic carbocycles. The SMILES string of the molecule is CCCNc1cc(C)ncc1C(=O)N(C)C1CC1. The first-order valence-electron chi connectivity index (χ1n) is 6.61. The van der Waals surface area contributed by atoms with E-state index in [-0.39, 0.29) is 5.91 Å². The van der Waals surface area contributed by atoms with E-state index in [0.717, 1.165) is 37.2 Å². The largest absolute Gasteiger partial charge is 0.384 e. The third-order valence-electron chi connectivity index (χ3n) is 3.25. The monoisotopic (exact) mass is 247 g/mol. The van der Waals surface area contributed by atoms with Gasteiger partial charge in [-0.2, -0.15) is 0 Å². The molecule has 0 aliphatic heterocycles. The number of carbonyl (C=O) groups excluding carboxylic acids is 1. The molecule has 0 radical (unpaired) electrons. The highest BCUT2D eigenvalue weighted by Crippen LogP contribution is 2.28. The van der Waals surface area contributed by atoms with Crippen LogP contribution in [0.5, 0.6) is 0 Å². The van der Waals surface area contributed by atoms with Crippen molar-refractivity contribution in [3.05, 3.63) is 23.5 Å². The molecule has 1 N–H and O–H groups in total. The lowest BCUT2D eigenvalue weighted by Gasteiger charge is -2.19. The van der Waals surface area contributed by atoms with E-state index in [1.54, 1.807) is 6.20 Å². The molecule has 0 aromatic carbocycles. The quantitative estimate of drug-likeness (QED) is 0.869. The Labute approximate surface area is 108 Å². The van der Waals surface area contributed by atoms with Crippen molar-refractivity contribution in [2.45, 2.75) is 39.2 Å². The van der Waals surface area contributed by atoms with Gasteiger partial charge < -0.3 is 10.2 Å². The molecule has 1 aromatic rings. The van der Waals surface area contributed by atoms with Crippen molar-refractivity contribution in [2.24, 2.45) is 0 Å². The van der Waals surface area contributed by atoms with Crippen molar-refractivity contribution >= 4 is 11.6 Å². The summed E-state index contributed by atoms with van der Waals surface area (Å²) >= 11 is 0. The molecule has 1 amide bonds. The third-order valence-corrected chi connectivity index (χ3v) is 3.25. The molecular weight excluding hydrogens is 226 g/mol. The van der Waals surface area contributed by atoms with Crippen LogP contribution >= 0.6 is 0 Å². The lowest BCUT2D eigenvalue weighted by Crippen LogP contribution is -2.29. The second-order valence-corrected chi connectivity index (χ2v) is 4.95. The number of anilines is 1. The van der Waals surface area contributed by atoms with Crippen molar-refractivity contribution in [1.29, 1.82) is 0 Å². The number of pyridine rings is 1. The van der Waals surface area contributed by atoms with Crippen LogP contribution in [0.1, 0.15) is 42.2 Å². The lowest BCUT2D eigenvalue weighted by atomic mass is 10.1. The van der Waals surface area contributed by atoms with Crippen LogP contribution in [0.15, 0.2) is 12.3 Å². The molecule has 4 heteroatoms. The average molecular weight is 247 g/mol. The van der Waals surface area contributed by atoms with Crippen molar-refractivity contribution in [3.8, 4) is 0 Å². The van der Waals surface area contributed by atoms with Crippen molar-refractivity contribution in [1.82, 2.24) is 9.88 Å². The molecule has 1 fully saturated rings. The smallest absolute Gasteiger partial charge is 0.257 e. The van der Waals surface area contributed by atoms with Crippen LogP contribution in [0, 0.1) is 6.92 Å². The number of nitrogens with one attached hydrogen (secondary N) is 1. The minimum atomic E-state index is 0.0728. The minimum Gasteiger partial charge on any atom is -0.384 e. The maximum absolute atomic E-state index is 12.4. The van der Waals surface area contributed by atoms with Crippen molar-refractivity contribution in [3.63, 3.8) is 0 Å². The molecule has 1 aliphatic rings. The van der Waals surface area contributed by atoms with Gasteiger partial charge in [0.1, 0.15) is 0 Å². The summed E-state index contributed by atoms with van der Waals surface area (Å²) in [7, 11) is 1.88. The molecule has 98 valence electrons. The molecule has 1 aromatic heterocycles. The molecule has 1 saturated carbocycles. The van der Waals surface area contributed by atoms with Gasteiger partial charge in [0, 0.05) is 31.5 Å². The summed E-state index contributed by atoms with van der Waals surface area (Å²) in [6.07, 6.45) is 4.97. The van der Waals surface area contributed by atoms with E-state index in [9.17, 15) is 4.79 Å². The second kappa shape index (κ2) is 5.38. The molecule has 0 bridgehead atoms. The van der Waals surface area contributed by atoms with E-state index >= 15 is 0 Å². The Morgan fingerprint density at radius 2 is 2.28 bits per heavy atom. The number of amides is 1. The van der Waals surface area contributed by atoms with E-state index in [1.165, 1.54) is 0 Å². The first-order valence-corrected chi connectivity index (χ1v) is 6.61. The van der Waals surface area contributed by atoms with E-state index < -0.39 is 0 Å². The van der Waals surface area contributed by atoms with Crippen LogP contribution in [0.2, 0.25) is 0 Å². The molecule has 1 heterocycles. The summed E-state index contributed by atoms with van der Waals surface area (Å²) in [5.41, 5.74) is 2.52. The zero-order chi connectivity index (χ0) is 13.1. The Morgan fingerprint density at radius 3 is 2.89 bits per heavy atom. The number of carbonyl (C=O) groups is 1. The van der Waals surface area contributed by atoms with Gasteiger partial charge in [-0.3, -0.25) is 9.78 Å². The molecule has 0 atom stereocenters. The first-order chi connectivity index (χ1) is 8.63. The van der Waals surface area contributed by atoms with Gasteiger partial charge in [0.15, 0.2) is 0 Å². The van der Waals surface area contributed by atoms with E-state index in [1.807, 2.05) is 24.9 Å². The van der Waals surface area contributed by atoms with Crippen LogP contribution in [0.3, 0.4) is 0 Å². The lowest BCUT2D eigenvalue weighted by molar-refractivity contribution is 0.0785. The van der Waals surface area contributed by atoms with Gasteiger partial charge in [0.05, 0.1) is 11.3 Å². The van der Waals surface area contributed by atoms with Gasteiger partial charge in [-0.15, -0.1) is 0 Å². The molecule has 18 heavy (non-hydrogen) atoms. The van der Waals surface area contributed by atoms with Gasteiger partial charge in [-0.05, 0) is 32.3 Å². The van der Waals surface area contributed by atoms with Gasteiger partial charge in [-0.25, -0.2) is 0 Å². The van der Waals surface area contributed by atoms with Crippen LogP contribution in [-0.2, 0) is 0 Å². The van der Waals surface area contributed by atoms with Gasteiger partial charge in [-0.1, -0.05) is 6.92 Å². The predicted octanol–water partition coefficient (Wildman–Crippen LogP) is 2.45. The van der Waals surface area contributed by atoms with Crippen molar-refractivity contribution in [2.75, 3.05) is 18.9 Å². The zero-order valence-corrected chi connectivity index (χ0v) is 11.4. The Bertz CT molecular complexity index is 441. The van der Waals surface area contributed by atoms with Crippen LogP contribution in [-0.4, -0.2) is 35.4 Å². The number of aryl methyl sites for hydroxylation is 1. The first kappa shape index (κ1) is 12.9. The molecule has 0 spiro atoms. The van der Waals surface area contributed by atoms with Gasteiger partial charge in [0.25, 0.3) is 5.91 Å². The Hall–Kier alpha value is -1.58. The fraction of sp³-hybridized carbons (Fsp3) is 0.571. The van der Waals surface area contributed by atoms with Crippen LogP contribution < -0.4 is 5.32 Å². The summed E-state index contributed by atoms with van der Waals surface area (Å²) in [5, 5.41) is 3.31. The van der Waals surface area contributed by atoms with E-state index in [4.69, 9.17) is 0 Å². The summed E-state index contributed by atoms with van der Waals surface area (Å²) in [4.78, 5) is 18.4. The third kappa shape index (κ3) is 2.81. The average Bonchev–Trinajstić information content (AvgIpc) is 3.19.